The normalized spacial score (nSPS) is 14.3. The Morgan fingerprint density at radius 1 is 1.10 bits per heavy atom. The summed E-state index contributed by atoms with van der Waals surface area (Å²) in [6, 6.07) is 12.6. The fraction of sp³-hybridized carbons (Fsp3) is 0.321. The summed E-state index contributed by atoms with van der Waals surface area (Å²) in [6.45, 7) is 7.95. The van der Waals surface area contributed by atoms with Crippen LogP contribution in [0.5, 0.6) is 5.88 Å². The molecule has 0 bridgehead atoms. The summed E-state index contributed by atoms with van der Waals surface area (Å²) in [6.07, 6.45) is 3.80. The lowest BCUT2D eigenvalue weighted by molar-refractivity contribution is -0.120. The first-order chi connectivity index (χ1) is 19.1. The minimum Gasteiger partial charge on any atom is -0.475 e. The van der Waals surface area contributed by atoms with E-state index in [0.717, 1.165) is 39.4 Å². The number of urea groups is 1. The van der Waals surface area contributed by atoms with Crippen molar-refractivity contribution in [2.45, 2.75) is 51.5 Å². The van der Waals surface area contributed by atoms with Crippen LogP contribution < -0.4 is 20.7 Å². The second-order valence-electron chi connectivity index (χ2n) is 11.1. The van der Waals surface area contributed by atoms with Gasteiger partial charge in [0.2, 0.25) is 11.8 Å². The van der Waals surface area contributed by atoms with Gasteiger partial charge in [-0.25, -0.2) is 14.8 Å². The fourth-order valence-electron chi connectivity index (χ4n) is 4.32. The summed E-state index contributed by atoms with van der Waals surface area (Å²) < 4.78 is 13.2. The number of nitrogens with one attached hydrogen (secondary N) is 3. The number of anilines is 2. The molecule has 4 heterocycles. The SMILES string of the molecule is CC(=O)NC1(COc2ccc3c(n2)sc2nc(-c4ccc(NC(=O)Nc5cc(C(C)(C)C)on5)cc4)cn23)CC1. The highest BCUT2D eigenvalue weighted by atomic mass is 32.1. The van der Waals surface area contributed by atoms with Crippen LogP contribution in [0.3, 0.4) is 0 Å². The maximum atomic E-state index is 12.4. The van der Waals surface area contributed by atoms with Crippen LogP contribution in [-0.4, -0.2) is 43.6 Å². The van der Waals surface area contributed by atoms with Gasteiger partial charge < -0.3 is 19.9 Å². The van der Waals surface area contributed by atoms with E-state index in [2.05, 4.69) is 26.1 Å². The van der Waals surface area contributed by atoms with E-state index in [0.29, 0.717) is 29.8 Å². The van der Waals surface area contributed by atoms with E-state index in [9.17, 15) is 9.59 Å². The molecule has 1 saturated carbocycles. The summed E-state index contributed by atoms with van der Waals surface area (Å²) in [5.74, 6) is 1.53. The van der Waals surface area contributed by atoms with Gasteiger partial charge >= 0.3 is 6.03 Å². The van der Waals surface area contributed by atoms with Gasteiger partial charge in [-0.05, 0) is 31.0 Å². The molecule has 4 aromatic heterocycles. The van der Waals surface area contributed by atoms with Gasteiger partial charge in [-0.1, -0.05) is 49.4 Å². The van der Waals surface area contributed by atoms with Crippen LogP contribution in [0.15, 0.2) is 53.2 Å². The Kier molecular flexibility index (Phi) is 6.21. The average Bonchev–Trinajstić information content (AvgIpc) is 3.20. The Balaban J connectivity index is 1.11. The Morgan fingerprint density at radius 3 is 2.55 bits per heavy atom. The number of rotatable bonds is 7. The van der Waals surface area contributed by atoms with Crippen molar-refractivity contribution in [3.05, 3.63) is 54.4 Å². The predicted octanol–water partition coefficient (Wildman–Crippen LogP) is 5.59. The number of hydrogen-bond acceptors (Lipinski definition) is 8. The number of imidazole rings is 1. The summed E-state index contributed by atoms with van der Waals surface area (Å²) >= 11 is 1.48. The zero-order valence-corrected chi connectivity index (χ0v) is 23.4. The number of amides is 3. The van der Waals surface area contributed by atoms with E-state index in [1.807, 2.05) is 67.8 Å². The molecule has 1 aliphatic rings. The van der Waals surface area contributed by atoms with Crippen molar-refractivity contribution in [3.8, 4) is 17.1 Å². The monoisotopic (exact) mass is 559 g/mol. The molecule has 12 heteroatoms. The highest BCUT2D eigenvalue weighted by Crippen LogP contribution is 2.36. The van der Waals surface area contributed by atoms with Gasteiger partial charge in [0.05, 0.1) is 16.7 Å². The van der Waals surface area contributed by atoms with Gasteiger partial charge in [0, 0.05) is 41.9 Å². The number of aromatic nitrogens is 4. The van der Waals surface area contributed by atoms with Crippen molar-refractivity contribution in [1.29, 1.82) is 0 Å². The zero-order valence-electron chi connectivity index (χ0n) is 22.6. The van der Waals surface area contributed by atoms with Crippen molar-refractivity contribution in [2.24, 2.45) is 0 Å². The van der Waals surface area contributed by atoms with Crippen molar-refractivity contribution in [2.75, 3.05) is 17.2 Å². The number of thiazole rings is 1. The molecule has 6 rings (SSSR count). The molecule has 206 valence electrons. The number of ether oxygens (including phenoxy) is 1. The van der Waals surface area contributed by atoms with Crippen LogP contribution in [0.25, 0.3) is 26.6 Å². The van der Waals surface area contributed by atoms with E-state index >= 15 is 0 Å². The summed E-state index contributed by atoms with van der Waals surface area (Å²) in [4.78, 5) is 34.9. The molecule has 40 heavy (non-hydrogen) atoms. The maximum Gasteiger partial charge on any atom is 0.324 e. The lowest BCUT2D eigenvalue weighted by Crippen LogP contribution is -2.40. The van der Waals surface area contributed by atoms with Crippen molar-refractivity contribution >= 4 is 50.1 Å². The summed E-state index contributed by atoms with van der Waals surface area (Å²) in [5.41, 5.74) is 2.84. The van der Waals surface area contributed by atoms with Crippen molar-refractivity contribution in [1.82, 2.24) is 24.8 Å². The summed E-state index contributed by atoms with van der Waals surface area (Å²) in [7, 11) is 0. The molecule has 3 N–H and O–H groups in total. The van der Waals surface area contributed by atoms with Crippen LogP contribution in [0.4, 0.5) is 16.3 Å². The molecule has 0 radical (unpaired) electrons. The summed E-state index contributed by atoms with van der Waals surface area (Å²) in [5, 5.41) is 12.4. The standard InChI is InChI=1S/C28H29N7O4S/c1-16(36)33-28(11-12-28)15-38-23-10-9-20-24(32-23)40-26-30-19(14-35(20)26)17-5-7-18(8-6-17)29-25(37)31-22-13-21(39-34-22)27(2,3)4/h5-10,13-14H,11-12,15H2,1-4H3,(H,33,36)(H2,29,31,34,37). The van der Waals surface area contributed by atoms with Gasteiger partial charge in [0.15, 0.2) is 10.8 Å². The molecular formula is C28H29N7O4S. The first-order valence-electron chi connectivity index (χ1n) is 12.9. The quantitative estimate of drug-likeness (QED) is 0.237. The first-order valence-corrected chi connectivity index (χ1v) is 13.7. The van der Waals surface area contributed by atoms with Gasteiger partial charge in [-0.15, -0.1) is 0 Å². The molecule has 5 aromatic rings. The molecule has 0 atom stereocenters. The van der Waals surface area contributed by atoms with Gasteiger partial charge in [0.1, 0.15) is 17.2 Å². The highest BCUT2D eigenvalue weighted by molar-refractivity contribution is 7.23. The molecule has 1 fully saturated rings. The molecule has 3 amide bonds. The third kappa shape index (κ3) is 5.34. The van der Waals surface area contributed by atoms with Crippen LogP contribution >= 0.6 is 11.3 Å². The number of nitrogens with zero attached hydrogens (tertiary/aromatic N) is 4. The molecule has 0 saturated heterocycles. The Hall–Kier alpha value is -4.45. The highest BCUT2D eigenvalue weighted by Gasteiger charge is 2.44. The molecule has 1 aliphatic carbocycles. The smallest absolute Gasteiger partial charge is 0.324 e. The minimum absolute atomic E-state index is 0.0474. The lowest BCUT2D eigenvalue weighted by Gasteiger charge is -2.16. The third-order valence-corrected chi connectivity index (χ3v) is 7.62. The first kappa shape index (κ1) is 25.8. The average molecular weight is 560 g/mol. The van der Waals surface area contributed by atoms with E-state index in [4.69, 9.17) is 14.2 Å². The van der Waals surface area contributed by atoms with Crippen molar-refractivity contribution in [3.63, 3.8) is 0 Å². The second kappa shape index (κ2) is 9.63. The minimum atomic E-state index is -0.409. The molecule has 11 nitrogen and oxygen atoms in total. The van der Waals surface area contributed by atoms with Crippen LogP contribution in [0, 0.1) is 0 Å². The molecule has 0 unspecified atom stereocenters. The molecular weight excluding hydrogens is 530 g/mol. The number of carbonyl (C=O) groups is 2. The predicted molar refractivity (Wildman–Crippen MR) is 153 cm³/mol. The van der Waals surface area contributed by atoms with E-state index in [1.165, 1.54) is 18.3 Å². The lowest BCUT2D eigenvalue weighted by atomic mass is 9.93. The molecule has 0 spiro atoms. The Morgan fingerprint density at radius 2 is 1.88 bits per heavy atom. The third-order valence-electron chi connectivity index (χ3n) is 6.66. The number of benzene rings is 1. The largest absolute Gasteiger partial charge is 0.475 e. The van der Waals surface area contributed by atoms with E-state index < -0.39 is 6.03 Å². The van der Waals surface area contributed by atoms with Crippen LogP contribution in [0.1, 0.15) is 46.3 Å². The van der Waals surface area contributed by atoms with Crippen LogP contribution in [-0.2, 0) is 10.2 Å². The number of hydrogen-bond donors (Lipinski definition) is 3. The van der Waals surface area contributed by atoms with Gasteiger partial charge in [-0.2, -0.15) is 0 Å². The van der Waals surface area contributed by atoms with Crippen molar-refractivity contribution < 1.29 is 18.8 Å². The number of pyridine rings is 1. The Labute approximate surface area is 233 Å². The van der Waals surface area contributed by atoms with Crippen LogP contribution in [0.2, 0.25) is 0 Å². The van der Waals surface area contributed by atoms with Gasteiger partial charge in [-0.3, -0.25) is 14.5 Å². The number of carbonyl (C=O) groups excluding carboxylic acids is 2. The second-order valence-corrected chi connectivity index (χ2v) is 12.0. The van der Waals surface area contributed by atoms with Gasteiger partial charge in [0.25, 0.3) is 0 Å². The Bertz CT molecular complexity index is 1730. The maximum absolute atomic E-state index is 12.4. The van der Waals surface area contributed by atoms with E-state index in [-0.39, 0.29) is 16.9 Å². The molecule has 0 aliphatic heterocycles. The zero-order chi connectivity index (χ0) is 28.1. The van der Waals surface area contributed by atoms with E-state index in [1.54, 1.807) is 6.07 Å². The topological polar surface area (TPSA) is 136 Å². The molecule has 1 aromatic carbocycles. The fourth-order valence-corrected chi connectivity index (χ4v) is 5.29. The number of fused-ring (bicyclic) bond motifs is 3.